The quantitative estimate of drug-likeness (QED) is 0.285. The summed E-state index contributed by atoms with van der Waals surface area (Å²) in [5.74, 6) is -2.87. The molecule has 0 spiro atoms. The highest BCUT2D eigenvalue weighted by Crippen LogP contribution is 2.03. The van der Waals surface area contributed by atoms with Crippen molar-refractivity contribution in [1.29, 1.82) is 0 Å². The predicted molar refractivity (Wildman–Crippen MR) is 38.6 cm³/mol. The number of rotatable bonds is 1. The smallest absolute Gasteiger partial charge is 0.399 e. The number of ether oxygens (including phenoxy) is 1. The van der Waals surface area contributed by atoms with E-state index in [-0.39, 0.29) is 5.88 Å². The summed E-state index contributed by atoms with van der Waals surface area (Å²) in [5.41, 5.74) is 0. The lowest BCUT2D eigenvalue weighted by atomic mass is 10.5. The van der Waals surface area contributed by atoms with Gasteiger partial charge in [-0.2, -0.15) is 5.26 Å². The number of hydrogen-bond donors (Lipinski definition) is 1. The monoisotopic (exact) mass is 183 g/mol. The van der Waals surface area contributed by atoms with Gasteiger partial charge in [0.05, 0.1) is 0 Å². The van der Waals surface area contributed by atoms with Crippen molar-refractivity contribution >= 4 is 11.9 Å². The standard InChI is InChI=1S/C7H5NO5/c9-6(7(10)13-11)12-5-3-1-2-4-8-5/h1-4,11H. The largest absolute Gasteiger partial charge is 0.450 e. The Labute approximate surface area is 72.7 Å². The van der Waals surface area contributed by atoms with Crippen LogP contribution in [0, 0.1) is 0 Å². The van der Waals surface area contributed by atoms with Crippen molar-refractivity contribution < 1.29 is 24.5 Å². The van der Waals surface area contributed by atoms with Crippen LogP contribution in [0.3, 0.4) is 0 Å². The highest BCUT2D eigenvalue weighted by molar-refractivity contribution is 6.30. The molecule has 6 nitrogen and oxygen atoms in total. The summed E-state index contributed by atoms with van der Waals surface area (Å²) in [6.45, 7) is 0. The summed E-state index contributed by atoms with van der Waals surface area (Å²) in [6.07, 6.45) is 1.38. The molecule has 0 saturated carbocycles. The van der Waals surface area contributed by atoms with Crippen LogP contribution >= 0.6 is 0 Å². The second-order valence-corrected chi connectivity index (χ2v) is 1.94. The Hall–Kier alpha value is -1.95. The van der Waals surface area contributed by atoms with E-state index in [4.69, 9.17) is 5.26 Å². The van der Waals surface area contributed by atoms with E-state index in [0.717, 1.165) is 0 Å². The van der Waals surface area contributed by atoms with Crippen molar-refractivity contribution in [1.82, 2.24) is 4.98 Å². The number of pyridine rings is 1. The molecule has 6 heteroatoms. The first-order chi connectivity index (χ1) is 6.24. The van der Waals surface area contributed by atoms with Crippen molar-refractivity contribution in [2.75, 3.05) is 0 Å². The normalized spacial score (nSPS) is 9.00. The molecule has 0 unspecified atom stereocenters. The van der Waals surface area contributed by atoms with Crippen molar-refractivity contribution in [2.45, 2.75) is 0 Å². The van der Waals surface area contributed by atoms with Gasteiger partial charge < -0.3 is 4.74 Å². The van der Waals surface area contributed by atoms with Gasteiger partial charge >= 0.3 is 11.9 Å². The molecule has 0 amide bonds. The van der Waals surface area contributed by atoms with Gasteiger partial charge in [-0.15, -0.1) is 0 Å². The molecular weight excluding hydrogens is 178 g/mol. The summed E-state index contributed by atoms with van der Waals surface area (Å²) in [5, 5.41) is 7.81. The molecule has 0 atom stereocenters. The molecule has 0 aliphatic rings. The third-order valence-electron chi connectivity index (χ3n) is 1.08. The molecule has 0 fully saturated rings. The third kappa shape index (κ3) is 2.53. The van der Waals surface area contributed by atoms with E-state index in [9.17, 15) is 9.59 Å². The van der Waals surface area contributed by atoms with E-state index in [0.29, 0.717) is 0 Å². The van der Waals surface area contributed by atoms with Crippen LogP contribution < -0.4 is 4.74 Å². The molecule has 13 heavy (non-hydrogen) atoms. The maximum Gasteiger partial charge on any atom is 0.450 e. The molecule has 0 bridgehead atoms. The van der Waals surface area contributed by atoms with Gasteiger partial charge in [0.25, 0.3) is 0 Å². The fourth-order valence-electron chi connectivity index (χ4n) is 0.581. The maximum absolute atomic E-state index is 10.6. The van der Waals surface area contributed by atoms with E-state index < -0.39 is 11.9 Å². The summed E-state index contributed by atoms with van der Waals surface area (Å²) < 4.78 is 4.38. The van der Waals surface area contributed by atoms with Crippen molar-refractivity contribution in [3.63, 3.8) is 0 Å². The number of aromatic nitrogens is 1. The Bertz CT molecular complexity index is 310. The van der Waals surface area contributed by atoms with Gasteiger partial charge in [-0.25, -0.2) is 14.6 Å². The number of hydrogen-bond acceptors (Lipinski definition) is 6. The fourth-order valence-corrected chi connectivity index (χ4v) is 0.581. The molecular formula is C7H5NO5. The van der Waals surface area contributed by atoms with Gasteiger partial charge in [-0.05, 0) is 6.07 Å². The van der Waals surface area contributed by atoms with Crippen LogP contribution in [0.1, 0.15) is 0 Å². The van der Waals surface area contributed by atoms with Crippen LogP contribution in [0.25, 0.3) is 0 Å². The van der Waals surface area contributed by atoms with Gasteiger partial charge in [-0.3, -0.25) is 4.89 Å². The van der Waals surface area contributed by atoms with Crippen LogP contribution in [0.15, 0.2) is 24.4 Å². The minimum Gasteiger partial charge on any atom is -0.399 e. The second kappa shape index (κ2) is 4.17. The number of esters is 1. The maximum atomic E-state index is 10.6. The average Bonchev–Trinajstić information content (AvgIpc) is 2.18. The lowest BCUT2D eigenvalue weighted by Gasteiger charge is -1.98. The van der Waals surface area contributed by atoms with Crippen LogP contribution in [-0.4, -0.2) is 22.2 Å². The van der Waals surface area contributed by atoms with E-state index in [2.05, 4.69) is 14.6 Å². The fraction of sp³-hybridized carbons (Fsp3) is 0. The Kier molecular flexibility index (Phi) is 2.93. The molecule has 1 heterocycles. The molecule has 1 N–H and O–H groups in total. The van der Waals surface area contributed by atoms with Crippen molar-refractivity contribution in [2.24, 2.45) is 0 Å². The number of nitrogens with zero attached hydrogens (tertiary/aromatic N) is 1. The summed E-state index contributed by atoms with van der Waals surface area (Å²) in [7, 11) is 0. The number of carbonyl (C=O) groups excluding carboxylic acids is 2. The van der Waals surface area contributed by atoms with Gasteiger partial charge in [0, 0.05) is 12.3 Å². The number of carbonyl (C=O) groups is 2. The van der Waals surface area contributed by atoms with Gasteiger partial charge in [-0.1, -0.05) is 6.07 Å². The highest BCUT2D eigenvalue weighted by Gasteiger charge is 2.18. The lowest BCUT2D eigenvalue weighted by Crippen LogP contribution is -2.22. The Morgan fingerprint density at radius 1 is 1.31 bits per heavy atom. The van der Waals surface area contributed by atoms with E-state index >= 15 is 0 Å². The molecule has 1 aromatic heterocycles. The molecule has 1 rings (SSSR count). The third-order valence-corrected chi connectivity index (χ3v) is 1.08. The zero-order chi connectivity index (χ0) is 9.68. The molecule has 0 saturated heterocycles. The first-order valence-corrected chi connectivity index (χ1v) is 3.22. The van der Waals surface area contributed by atoms with Crippen molar-refractivity contribution in [3.05, 3.63) is 24.4 Å². The first-order valence-electron chi connectivity index (χ1n) is 3.22. The Balaban J connectivity index is 2.60. The van der Waals surface area contributed by atoms with E-state index in [1.165, 1.54) is 12.3 Å². The van der Waals surface area contributed by atoms with Crippen LogP contribution in [0.2, 0.25) is 0 Å². The molecule has 68 valence electrons. The van der Waals surface area contributed by atoms with E-state index in [1.54, 1.807) is 12.1 Å². The SMILES string of the molecule is O=C(OO)C(=O)Oc1ccccn1. The molecule has 0 aromatic carbocycles. The van der Waals surface area contributed by atoms with Gasteiger partial charge in [0.15, 0.2) is 0 Å². The van der Waals surface area contributed by atoms with Gasteiger partial charge in [0.2, 0.25) is 5.88 Å². The zero-order valence-electron chi connectivity index (χ0n) is 6.34. The topological polar surface area (TPSA) is 85.7 Å². The summed E-state index contributed by atoms with van der Waals surface area (Å²) >= 11 is 0. The van der Waals surface area contributed by atoms with Gasteiger partial charge in [0.1, 0.15) is 0 Å². The van der Waals surface area contributed by atoms with Crippen LogP contribution in [0.4, 0.5) is 0 Å². The lowest BCUT2D eigenvalue weighted by molar-refractivity contribution is -0.235. The highest BCUT2D eigenvalue weighted by atomic mass is 17.1. The summed E-state index contributed by atoms with van der Waals surface area (Å²) in [6, 6.07) is 4.56. The molecule has 0 radical (unpaired) electrons. The molecule has 0 aliphatic carbocycles. The second-order valence-electron chi connectivity index (χ2n) is 1.94. The minimum absolute atomic E-state index is 0.0436. The van der Waals surface area contributed by atoms with Crippen molar-refractivity contribution in [3.8, 4) is 5.88 Å². The average molecular weight is 183 g/mol. The van der Waals surface area contributed by atoms with Crippen LogP contribution in [0.5, 0.6) is 5.88 Å². The molecule has 0 aliphatic heterocycles. The Morgan fingerprint density at radius 3 is 2.62 bits per heavy atom. The first kappa shape index (κ1) is 9.14. The summed E-state index contributed by atoms with van der Waals surface area (Å²) in [4.78, 5) is 27.7. The predicted octanol–water partition coefficient (Wildman–Crippen LogP) is 0.00320. The zero-order valence-corrected chi connectivity index (χ0v) is 6.34. The molecule has 1 aromatic rings. The minimum atomic E-state index is -1.49. The Morgan fingerprint density at radius 2 is 2.08 bits per heavy atom. The van der Waals surface area contributed by atoms with E-state index in [1.807, 2.05) is 0 Å². The van der Waals surface area contributed by atoms with Crippen LogP contribution in [-0.2, 0) is 14.5 Å².